The lowest BCUT2D eigenvalue weighted by Crippen LogP contribution is -2.45. The summed E-state index contributed by atoms with van der Waals surface area (Å²) in [7, 11) is 0. The van der Waals surface area contributed by atoms with Crippen LogP contribution in [-0.4, -0.2) is 39.4 Å². The van der Waals surface area contributed by atoms with Crippen molar-refractivity contribution in [2.45, 2.75) is 60.2 Å². The van der Waals surface area contributed by atoms with Crippen LogP contribution in [-0.2, 0) is 29.2 Å². The monoisotopic (exact) mass is 567 g/mol. The van der Waals surface area contributed by atoms with Gasteiger partial charge in [-0.1, -0.05) is 12.1 Å². The summed E-state index contributed by atoms with van der Waals surface area (Å²) in [4.78, 5) is 48.3. The maximum Gasteiger partial charge on any atom is 0.261 e. The van der Waals surface area contributed by atoms with E-state index in [1.54, 1.807) is 41.8 Å². The molecule has 0 spiro atoms. The second kappa shape index (κ2) is 10.9. The Morgan fingerprint density at radius 2 is 1.88 bits per heavy atom. The van der Waals surface area contributed by atoms with Gasteiger partial charge in [-0.2, -0.15) is 0 Å². The Hall–Kier alpha value is -4.24. The van der Waals surface area contributed by atoms with E-state index in [4.69, 9.17) is 4.42 Å². The molecule has 1 fully saturated rings. The number of nitrogens with zero attached hydrogens (tertiary/aromatic N) is 4. The summed E-state index contributed by atoms with van der Waals surface area (Å²) in [5.41, 5.74) is 3.85. The van der Waals surface area contributed by atoms with Gasteiger partial charge in [-0.15, -0.1) is 0 Å². The van der Waals surface area contributed by atoms with Crippen LogP contribution in [0.2, 0.25) is 0 Å². The van der Waals surface area contributed by atoms with E-state index in [-0.39, 0.29) is 17.4 Å². The maximum atomic E-state index is 13.4. The van der Waals surface area contributed by atoms with Crippen molar-refractivity contribution in [3.8, 4) is 0 Å². The lowest BCUT2D eigenvalue weighted by Gasteiger charge is -2.28. The number of fused-ring (bicyclic) bond motifs is 2. The number of hydrogen-bond acceptors (Lipinski definition) is 6. The Bertz CT molecular complexity index is 1730. The molecule has 1 N–H and O–H groups in total. The van der Waals surface area contributed by atoms with Gasteiger partial charge in [0.1, 0.15) is 16.8 Å². The molecule has 4 heterocycles. The van der Waals surface area contributed by atoms with Crippen LogP contribution in [0.15, 0.2) is 64.1 Å². The lowest BCUT2D eigenvalue weighted by molar-refractivity contribution is -0.136. The molecule has 9 heteroatoms. The molecule has 42 heavy (non-hydrogen) atoms. The molecule has 2 amide bonds. The molecule has 1 aliphatic carbocycles. The van der Waals surface area contributed by atoms with E-state index >= 15 is 0 Å². The SMILES string of the molecule is Cc1cc2c(=O)n(CCN(Cc3ccc4c(c3)NC(=O)C(C)(C)C(=O)N4CC3CC3)Cc3cccnc3C)ccc2o1. The smallest absolute Gasteiger partial charge is 0.261 e. The number of carbonyl (C=O) groups is 2. The molecular weight excluding hydrogens is 530 g/mol. The van der Waals surface area contributed by atoms with Gasteiger partial charge in [0.15, 0.2) is 0 Å². The number of pyridine rings is 2. The molecule has 0 bridgehead atoms. The number of carbonyl (C=O) groups excluding carboxylic acids is 2. The molecule has 3 aromatic heterocycles. The minimum Gasteiger partial charge on any atom is -0.461 e. The molecule has 0 radical (unpaired) electrons. The van der Waals surface area contributed by atoms with E-state index < -0.39 is 5.41 Å². The molecule has 0 saturated heterocycles. The minimum atomic E-state index is -1.15. The van der Waals surface area contributed by atoms with Crippen molar-refractivity contribution < 1.29 is 14.0 Å². The summed E-state index contributed by atoms with van der Waals surface area (Å²) >= 11 is 0. The summed E-state index contributed by atoms with van der Waals surface area (Å²) in [6.07, 6.45) is 5.79. The largest absolute Gasteiger partial charge is 0.461 e. The zero-order chi connectivity index (χ0) is 29.6. The summed E-state index contributed by atoms with van der Waals surface area (Å²) < 4.78 is 7.35. The summed E-state index contributed by atoms with van der Waals surface area (Å²) in [6, 6.07) is 13.6. The molecule has 1 saturated carbocycles. The third kappa shape index (κ3) is 5.48. The summed E-state index contributed by atoms with van der Waals surface area (Å²) in [5, 5.41) is 3.62. The Kier molecular flexibility index (Phi) is 7.22. The van der Waals surface area contributed by atoms with E-state index in [0.717, 1.165) is 35.3 Å². The fourth-order valence-electron chi connectivity index (χ4n) is 5.61. The van der Waals surface area contributed by atoms with Gasteiger partial charge in [-0.25, -0.2) is 0 Å². The van der Waals surface area contributed by atoms with Crippen LogP contribution in [0.25, 0.3) is 11.0 Å². The van der Waals surface area contributed by atoms with Crippen molar-refractivity contribution in [3.05, 3.63) is 87.8 Å². The normalized spacial score (nSPS) is 16.5. The summed E-state index contributed by atoms with van der Waals surface area (Å²) in [5.74, 6) is 0.737. The molecule has 9 nitrogen and oxygen atoms in total. The van der Waals surface area contributed by atoms with Gasteiger partial charge in [-0.05, 0) is 87.9 Å². The average Bonchev–Trinajstić information content (AvgIpc) is 3.70. The number of aryl methyl sites for hydroxylation is 2. The van der Waals surface area contributed by atoms with Crippen LogP contribution in [0.4, 0.5) is 11.4 Å². The van der Waals surface area contributed by atoms with Crippen LogP contribution in [0, 0.1) is 25.2 Å². The first-order valence-corrected chi connectivity index (χ1v) is 14.6. The van der Waals surface area contributed by atoms with Crippen molar-refractivity contribution in [1.82, 2.24) is 14.5 Å². The Morgan fingerprint density at radius 3 is 2.64 bits per heavy atom. The fraction of sp³-hybridized carbons (Fsp3) is 0.394. The van der Waals surface area contributed by atoms with Crippen LogP contribution in [0.1, 0.15) is 49.3 Å². The highest BCUT2D eigenvalue weighted by molar-refractivity contribution is 6.19. The molecule has 1 aliphatic heterocycles. The number of amides is 2. The molecule has 218 valence electrons. The van der Waals surface area contributed by atoms with E-state index in [9.17, 15) is 14.4 Å². The van der Waals surface area contributed by atoms with Crippen LogP contribution < -0.4 is 15.8 Å². The van der Waals surface area contributed by atoms with Crippen molar-refractivity contribution in [2.24, 2.45) is 11.3 Å². The zero-order valence-corrected chi connectivity index (χ0v) is 24.6. The minimum absolute atomic E-state index is 0.0716. The van der Waals surface area contributed by atoms with Gasteiger partial charge in [0, 0.05) is 50.8 Å². The van der Waals surface area contributed by atoms with Crippen molar-refractivity contribution >= 4 is 34.2 Å². The fourth-order valence-corrected chi connectivity index (χ4v) is 5.61. The first kappa shape index (κ1) is 27.9. The molecule has 0 unspecified atom stereocenters. The Labute approximate surface area is 245 Å². The van der Waals surface area contributed by atoms with E-state index in [2.05, 4.69) is 21.3 Å². The lowest BCUT2D eigenvalue weighted by atomic mass is 9.90. The number of anilines is 2. The number of rotatable bonds is 9. The molecule has 1 aromatic carbocycles. The average molecular weight is 568 g/mol. The van der Waals surface area contributed by atoms with Gasteiger partial charge >= 0.3 is 0 Å². The molecule has 2 aliphatic rings. The Morgan fingerprint density at radius 1 is 1.07 bits per heavy atom. The predicted molar refractivity (Wildman–Crippen MR) is 162 cm³/mol. The molecular formula is C33H37N5O4. The highest BCUT2D eigenvalue weighted by Crippen LogP contribution is 2.39. The van der Waals surface area contributed by atoms with E-state index in [1.807, 2.05) is 44.2 Å². The number of nitrogens with one attached hydrogen (secondary N) is 1. The van der Waals surface area contributed by atoms with Gasteiger partial charge in [0.05, 0.1) is 16.8 Å². The van der Waals surface area contributed by atoms with Crippen LogP contribution >= 0.6 is 0 Å². The Balaban J connectivity index is 1.29. The first-order chi connectivity index (χ1) is 20.1. The number of furan rings is 1. The predicted octanol–water partition coefficient (Wildman–Crippen LogP) is 5.03. The molecule has 4 aromatic rings. The topological polar surface area (TPSA) is 101 Å². The number of aromatic nitrogens is 2. The highest BCUT2D eigenvalue weighted by atomic mass is 16.3. The first-order valence-electron chi connectivity index (χ1n) is 14.6. The third-order valence-corrected chi connectivity index (χ3v) is 8.44. The van der Waals surface area contributed by atoms with E-state index in [1.165, 1.54) is 0 Å². The van der Waals surface area contributed by atoms with Crippen LogP contribution in [0.3, 0.4) is 0 Å². The highest BCUT2D eigenvalue weighted by Gasteiger charge is 2.44. The van der Waals surface area contributed by atoms with Crippen molar-refractivity contribution in [1.29, 1.82) is 0 Å². The van der Waals surface area contributed by atoms with Crippen molar-refractivity contribution in [3.63, 3.8) is 0 Å². The quantitative estimate of drug-likeness (QED) is 0.285. The second-order valence-corrected chi connectivity index (χ2v) is 12.2. The number of hydrogen-bond donors (Lipinski definition) is 1. The number of benzene rings is 1. The molecule has 6 rings (SSSR count). The standard InChI is InChI=1S/C33H37N5O4/c1-21-16-26-29(42-21)11-13-37(30(26)39)15-14-36(20-25-6-5-12-34-22(25)2)18-24-9-10-28-27(17-24)35-31(40)33(3,4)32(41)38(28)19-23-7-8-23/h5-6,9-13,16-17,23H,7-8,14-15,18-20H2,1-4H3,(H,35,40). The third-order valence-electron chi connectivity index (χ3n) is 8.44. The van der Waals surface area contributed by atoms with Gasteiger partial charge < -0.3 is 19.2 Å². The second-order valence-electron chi connectivity index (χ2n) is 12.2. The van der Waals surface area contributed by atoms with Crippen LogP contribution in [0.5, 0.6) is 0 Å². The van der Waals surface area contributed by atoms with Crippen molar-refractivity contribution in [2.75, 3.05) is 23.3 Å². The van der Waals surface area contributed by atoms with Gasteiger partial charge in [0.25, 0.3) is 5.56 Å². The van der Waals surface area contributed by atoms with Gasteiger partial charge in [0.2, 0.25) is 11.8 Å². The maximum absolute atomic E-state index is 13.4. The van der Waals surface area contributed by atoms with E-state index in [0.29, 0.717) is 61.1 Å². The molecule has 0 atom stereocenters. The van der Waals surface area contributed by atoms with Gasteiger partial charge in [-0.3, -0.25) is 24.3 Å². The summed E-state index contributed by atoms with van der Waals surface area (Å²) in [6.45, 7) is 10.2. The zero-order valence-electron chi connectivity index (χ0n) is 24.6.